The van der Waals surface area contributed by atoms with Crippen molar-refractivity contribution >= 4 is 22.4 Å². The molecule has 2 unspecified atom stereocenters. The number of carboxylic acid groups (broad SMARTS) is 1. The summed E-state index contributed by atoms with van der Waals surface area (Å²) >= 11 is 1.65. The fourth-order valence-corrected chi connectivity index (χ4v) is 3.15. The van der Waals surface area contributed by atoms with Crippen molar-refractivity contribution in [1.29, 1.82) is 0 Å². The standard InChI is InChI=1S/C12H18N2O2S/c1-7-8(2)17-12(13-7)14-10-5-3-4-9(6-10)11(15)16/h9-10H,3-6H2,1-2H3,(H,13,14)(H,15,16). The number of thiazole rings is 1. The third-order valence-electron chi connectivity index (χ3n) is 3.38. The average molecular weight is 254 g/mol. The second-order valence-electron chi connectivity index (χ2n) is 4.70. The van der Waals surface area contributed by atoms with Crippen LogP contribution in [0.25, 0.3) is 0 Å². The van der Waals surface area contributed by atoms with Gasteiger partial charge in [-0.05, 0) is 33.1 Å². The zero-order valence-corrected chi connectivity index (χ0v) is 11.0. The van der Waals surface area contributed by atoms with Gasteiger partial charge in [-0.2, -0.15) is 0 Å². The van der Waals surface area contributed by atoms with Crippen LogP contribution in [0.3, 0.4) is 0 Å². The lowest BCUT2D eigenvalue weighted by molar-refractivity contribution is -0.142. The molecule has 2 N–H and O–H groups in total. The van der Waals surface area contributed by atoms with Crippen LogP contribution in [0.4, 0.5) is 5.13 Å². The molecule has 1 saturated carbocycles. The van der Waals surface area contributed by atoms with E-state index in [2.05, 4.69) is 17.2 Å². The number of nitrogens with one attached hydrogen (secondary N) is 1. The van der Waals surface area contributed by atoms with Crippen molar-refractivity contribution in [1.82, 2.24) is 4.98 Å². The Balaban J connectivity index is 1.96. The largest absolute Gasteiger partial charge is 0.481 e. The summed E-state index contributed by atoms with van der Waals surface area (Å²) in [6.07, 6.45) is 3.55. The smallest absolute Gasteiger partial charge is 0.306 e. The Labute approximate surface area is 105 Å². The molecule has 0 spiro atoms. The molecule has 17 heavy (non-hydrogen) atoms. The number of aliphatic carboxylic acids is 1. The summed E-state index contributed by atoms with van der Waals surface area (Å²) in [6, 6.07) is 0.259. The summed E-state index contributed by atoms with van der Waals surface area (Å²) in [6.45, 7) is 4.05. The van der Waals surface area contributed by atoms with Gasteiger partial charge in [-0.1, -0.05) is 6.42 Å². The molecule has 1 aromatic rings. The molecule has 0 aromatic carbocycles. The van der Waals surface area contributed by atoms with Crippen LogP contribution in [0.1, 0.15) is 36.3 Å². The number of anilines is 1. The summed E-state index contributed by atoms with van der Waals surface area (Å²) in [4.78, 5) is 16.6. The normalized spacial score (nSPS) is 24.6. The van der Waals surface area contributed by atoms with Gasteiger partial charge in [-0.3, -0.25) is 4.79 Å². The van der Waals surface area contributed by atoms with E-state index in [0.717, 1.165) is 30.1 Å². The molecule has 0 amide bonds. The molecule has 0 bridgehead atoms. The first-order chi connectivity index (χ1) is 8.06. The van der Waals surface area contributed by atoms with Crippen molar-refractivity contribution < 1.29 is 9.90 Å². The first kappa shape index (κ1) is 12.4. The van der Waals surface area contributed by atoms with Gasteiger partial charge in [0.1, 0.15) is 0 Å². The summed E-state index contributed by atoms with van der Waals surface area (Å²) < 4.78 is 0. The van der Waals surface area contributed by atoms with E-state index in [0.29, 0.717) is 6.42 Å². The molecule has 5 heteroatoms. The van der Waals surface area contributed by atoms with Gasteiger partial charge in [0.25, 0.3) is 0 Å². The summed E-state index contributed by atoms with van der Waals surface area (Å²) in [7, 11) is 0. The Morgan fingerprint density at radius 1 is 1.47 bits per heavy atom. The van der Waals surface area contributed by atoms with Crippen molar-refractivity contribution in [2.75, 3.05) is 5.32 Å². The molecule has 1 fully saturated rings. The predicted molar refractivity (Wildman–Crippen MR) is 68.6 cm³/mol. The van der Waals surface area contributed by atoms with Crippen molar-refractivity contribution in [3.8, 4) is 0 Å². The van der Waals surface area contributed by atoms with Crippen LogP contribution >= 0.6 is 11.3 Å². The van der Waals surface area contributed by atoms with Gasteiger partial charge in [-0.15, -0.1) is 11.3 Å². The molecule has 2 rings (SSSR count). The van der Waals surface area contributed by atoms with Crippen molar-refractivity contribution in [2.24, 2.45) is 5.92 Å². The molecule has 0 aliphatic heterocycles. The maximum Gasteiger partial charge on any atom is 0.306 e. The van der Waals surface area contributed by atoms with Crippen molar-refractivity contribution in [3.05, 3.63) is 10.6 Å². The number of carbonyl (C=O) groups is 1. The summed E-state index contributed by atoms with van der Waals surface area (Å²) in [5.41, 5.74) is 1.06. The van der Waals surface area contributed by atoms with Gasteiger partial charge in [-0.25, -0.2) is 4.98 Å². The Hall–Kier alpha value is -1.10. The maximum atomic E-state index is 11.0. The first-order valence-electron chi connectivity index (χ1n) is 5.99. The SMILES string of the molecule is Cc1nc(NC2CCCC(C(=O)O)C2)sc1C. The maximum absolute atomic E-state index is 11.0. The number of carboxylic acids is 1. The average Bonchev–Trinajstić information content (AvgIpc) is 2.58. The van der Waals surface area contributed by atoms with Gasteiger partial charge in [0.15, 0.2) is 5.13 Å². The highest BCUT2D eigenvalue weighted by molar-refractivity contribution is 7.15. The monoisotopic (exact) mass is 254 g/mol. The molecule has 0 saturated heterocycles. The number of hydrogen-bond acceptors (Lipinski definition) is 4. The molecule has 1 heterocycles. The minimum atomic E-state index is -0.664. The Morgan fingerprint density at radius 3 is 2.82 bits per heavy atom. The minimum Gasteiger partial charge on any atom is -0.481 e. The summed E-state index contributed by atoms with van der Waals surface area (Å²) in [5, 5.41) is 13.3. The molecule has 2 atom stereocenters. The topological polar surface area (TPSA) is 62.2 Å². The second kappa shape index (κ2) is 5.04. The van der Waals surface area contributed by atoms with E-state index in [1.165, 1.54) is 4.88 Å². The van der Waals surface area contributed by atoms with Crippen LogP contribution in [0, 0.1) is 19.8 Å². The molecule has 4 nitrogen and oxygen atoms in total. The van der Waals surface area contributed by atoms with Gasteiger partial charge >= 0.3 is 5.97 Å². The lowest BCUT2D eigenvalue weighted by Gasteiger charge is -2.27. The van der Waals surface area contributed by atoms with E-state index in [9.17, 15) is 4.79 Å². The number of rotatable bonds is 3. The Morgan fingerprint density at radius 2 is 2.24 bits per heavy atom. The third kappa shape index (κ3) is 2.97. The number of nitrogens with zero attached hydrogens (tertiary/aromatic N) is 1. The van der Waals surface area contributed by atoms with Gasteiger partial charge in [0, 0.05) is 10.9 Å². The molecule has 94 valence electrons. The van der Waals surface area contributed by atoms with E-state index in [1.54, 1.807) is 11.3 Å². The molecule has 1 aliphatic rings. The van der Waals surface area contributed by atoms with E-state index in [1.807, 2.05) is 6.92 Å². The van der Waals surface area contributed by atoms with E-state index < -0.39 is 5.97 Å². The lowest BCUT2D eigenvalue weighted by atomic mass is 9.86. The number of aryl methyl sites for hydroxylation is 2. The zero-order valence-electron chi connectivity index (χ0n) is 10.2. The molecule has 0 radical (unpaired) electrons. The minimum absolute atomic E-state index is 0.191. The molecular formula is C12H18N2O2S. The fourth-order valence-electron chi connectivity index (χ4n) is 2.25. The van der Waals surface area contributed by atoms with Crippen LogP contribution in [0.15, 0.2) is 0 Å². The van der Waals surface area contributed by atoms with Gasteiger partial charge in [0.2, 0.25) is 0 Å². The predicted octanol–water partition coefficient (Wildman–Crippen LogP) is 2.82. The highest BCUT2D eigenvalue weighted by Crippen LogP contribution is 2.29. The lowest BCUT2D eigenvalue weighted by Crippen LogP contribution is -2.30. The fraction of sp³-hybridized carbons (Fsp3) is 0.667. The van der Waals surface area contributed by atoms with E-state index in [-0.39, 0.29) is 12.0 Å². The number of hydrogen-bond donors (Lipinski definition) is 2. The first-order valence-corrected chi connectivity index (χ1v) is 6.81. The molecular weight excluding hydrogens is 236 g/mol. The van der Waals surface area contributed by atoms with Crippen LogP contribution in [0.5, 0.6) is 0 Å². The quantitative estimate of drug-likeness (QED) is 0.870. The van der Waals surface area contributed by atoms with Crippen molar-refractivity contribution in [3.63, 3.8) is 0 Å². The van der Waals surface area contributed by atoms with Crippen LogP contribution in [0.2, 0.25) is 0 Å². The van der Waals surface area contributed by atoms with E-state index in [4.69, 9.17) is 5.11 Å². The van der Waals surface area contributed by atoms with Crippen LogP contribution < -0.4 is 5.32 Å². The van der Waals surface area contributed by atoms with E-state index >= 15 is 0 Å². The summed E-state index contributed by atoms with van der Waals surface area (Å²) in [5.74, 6) is -0.855. The van der Waals surface area contributed by atoms with Crippen LogP contribution in [-0.4, -0.2) is 22.1 Å². The molecule has 1 aromatic heterocycles. The Bertz CT molecular complexity index is 397. The number of aromatic nitrogens is 1. The van der Waals surface area contributed by atoms with Crippen molar-refractivity contribution in [2.45, 2.75) is 45.6 Å². The Kier molecular flexibility index (Phi) is 3.66. The second-order valence-corrected chi connectivity index (χ2v) is 5.91. The van der Waals surface area contributed by atoms with Crippen LogP contribution in [-0.2, 0) is 4.79 Å². The van der Waals surface area contributed by atoms with Gasteiger partial charge in [0.05, 0.1) is 11.6 Å². The highest BCUT2D eigenvalue weighted by Gasteiger charge is 2.27. The highest BCUT2D eigenvalue weighted by atomic mass is 32.1. The molecule has 1 aliphatic carbocycles. The third-order valence-corrected chi connectivity index (χ3v) is 4.38. The zero-order chi connectivity index (χ0) is 12.4. The van der Waals surface area contributed by atoms with Gasteiger partial charge < -0.3 is 10.4 Å².